The SMILES string of the molecule is O=C(OCC(=O)N1N=C(c2ccc(Cl)cc2)C[C@H]1c1ccco1)c1c2ccccc2cc2ccccc12. The van der Waals surface area contributed by atoms with Crippen molar-refractivity contribution in [3.63, 3.8) is 0 Å². The molecule has 1 amide bonds. The van der Waals surface area contributed by atoms with E-state index in [2.05, 4.69) is 5.10 Å². The number of hydrogen-bond donors (Lipinski definition) is 0. The van der Waals surface area contributed by atoms with E-state index in [0.717, 1.165) is 32.8 Å². The number of carbonyl (C=O) groups is 2. The Morgan fingerprint density at radius 1 is 0.919 bits per heavy atom. The van der Waals surface area contributed by atoms with E-state index in [-0.39, 0.29) is 0 Å². The summed E-state index contributed by atoms with van der Waals surface area (Å²) in [5.41, 5.74) is 2.02. The number of benzene rings is 4. The van der Waals surface area contributed by atoms with Crippen LogP contribution in [0.3, 0.4) is 0 Å². The molecule has 0 aliphatic carbocycles. The predicted octanol–water partition coefficient (Wildman–Crippen LogP) is 6.77. The summed E-state index contributed by atoms with van der Waals surface area (Å²) in [4.78, 5) is 26.7. The number of hydrazone groups is 1. The van der Waals surface area contributed by atoms with Crippen LogP contribution in [0, 0.1) is 0 Å². The highest BCUT2D eigenvalue weighted by Gasteiger charge is 2.35. The highest BCUT2D eigenvalue weighted by atomic mass is 35.5. The zero-order valence-corrected chi connectivity index (χ0v) is 20.4. The van der Waals surface area contributed by atoms with Crippen molar-refractivity contribution >= 4 is 50.7 Å². The number of esters is 1. The van der Waals surface area contributed by atoms with Crippen LogP contribution in [-0.2, 0) is 9.53 Å². The van der Waals surface area contributed by atoms with Crippen molar-refractivity contribution in [2.45, 2.75) is 12.5 Å². The average molecular weight is 509 g/mol. The number of nitrogens with zero attached hydrogens (tertiary/aromatic N) is 2. The largest absolute Gasteiger partial charge is 0.467 e. The maximum absolute atomic E-state index is 13.4. The molecule has 182 valence electrons. The molecule has 0 bridgehead atoms. The molecule has 0 fully saturated rings. The van der Waals surface area contributed by atoms with Gasteiger partial charge in [0, 0.05) is 11.4 Å². The molecule has 4 aromatic carbocycles. The summed E-state index contributed by atoms with van der Waals surface area (Å²) in [5.74, 6) is -0.396. The molecular weight excluding hydrogens is 488 g/mol. The predicted molar refractivity (Wildman–Crippen MR) is 143 cm³/mol. The average Bonchev–Trinajstić information content (AvgIpc) is 3.61. The van der Waals surface area contributed by atoms with Crippen LogP contribution in [0.2, 0.25) is 5.02 Å². The second-order valence-electron chi connectivity index (χ2n) is 8.80. The smallest absolute Gasteiger partial charge is 0.339 e. The standard InChI is InChI=1S/C30H21ClN2O4/c31-22-13-11-19(12-14-22)25-17-26(27-10-5-15-36-27)33(32-25)28(34)18-37-30(35)29-23-8-3-1-6-20(23)16-21-7-2-4-9-24(21)29/h1-16,26H,17-18H2/t26-/m0/s1. The first kappa shape index (κ1) is 23.0. The molecule has 0 spiro atoms. The van der Waals surface area contributed by atoms with Gasteiger partial charge in [-0.15, -0.1) is 0 Å². The molecular formula is C30H21ClN2O4. The van der Waals surface area contributed by atoms with Crippen molar-refractivity contribution < 1.29 is 18.7 Å². The van der Waals surface area contributed by atoms with Crippen LogP contribution in [0.5, 0.6) is 0 Å². The molecule has 0 unspecified atom stereocenters. The van der Waals surface area contributed by atoms with Crippen molar-refractivity contribution in [3.8, 4) is 0 Å². The molecule has 5 aromatic rings. The number of fused-ring (bicyclic) bond motifs is 2. The van der Waals surface area contributed by atoms with Crippen LogP contribution >= 0.6 is 11.6 Å². The first-order valence-electron chi connectivity index (χ1n) is 11.8. The topological polar surface area (TPSA) is 72.1 Å². The second kappa shape index (κ2) is 9.56. The molecule has 6 nitrogen and oxygen atoms in total. The minimum absolute atomic E-state index is 0.440. The van der Waals surface area contributed by atoms with E-state index in [1.165, 1.54) is 5.01 Å². The number of furan rings is 1. The zero-order chi connectivity index (χ0) is 25.4. The molecule has 1 aliphatic rings. The second-order valence-corrected chi connectivity index (χ2v) is 9.23. The van der Waals surface area contributed by atoms with E-state index in [1.54, 1.807) is 30.5 Å². The molecule has 0 saturated carbocycles. The minimum Gasteiger partial charge on any atom is -0.467 e. The molecule has 37 heavy (non-hydrogen) atoms. The van der Waals surface area contributed by atoms with Crippen molar-refractivity contribution in [2.24, 2.45) is 5.10 Å². The molecule has 0 N–H and O–H groups in total. The fraction of sp³-hybridized carbons (Fsp3) is 0.100. The summed E-state index contributed by atoms with van der Waals surface area (Å²) in [6.45, 7) is -0.453. The van der Waals surface area contributed by atoms with Crippen molar-refractivity contribution in [2.75, 3.05) is 6.61 Å². The maximum Gasteiger partial charge on any atom is 0.339 e. The normalized spacial score (nSPS) is 15.2. The highest BCUT2D eigenvalue weighted by molar-refractivity contribution is 6.30. The van der Waals surface area contributed by atoms with E-state index in [1.807, 2.05) is 66.7 Å². The van der Waals surface area contributed by atoms with Gasteiger partial charge in [0.25, 0.3) is 5.91 Å². The fourth-order valence-corrected chi connectivity index (χ4v) is 4.88. The Kier molecular flexibility index (Phi) is 5.94. The summed E-state index contributed by atoms with van der Waals surface area (Å²) in [5, 5.41) is 9.94. The van der Waals surface area contributed by atoms with E-state index >= 15 is 0 Å². The third-order valence-electron chi connectivity index (χ3n) is 6.52. The Bertz CT molecular complexity index is 1600. The number of amides is 1. The lowest BCUT2D eigenvalue weighted by atomic mass is 9.97. The van der Waals surface area contributed by atoms with E-state index in [4.69, 9.17) is 20.8 Å². The third-order valence-corrected chi connectivity index (χ3v) is 6.77. The maximum atomic E-state index is 13.4. The first-order chi connectivity index (χ1) is 18.1. The molecule has 0 radical (unpaired) electrons. The lowest BCUT2D eigenvalue weighted by molar-refractivity contribution is -0.136. The van der Waals surface area contributed by atoms with Crippen molar-refractivity contribution in [1.82, 2.24) is 5.01 Å². The summed E-state index contributed by atoms with van der Waals surface area (Å²) >= 11 is 6.03. The van der Waals surface area contributed by atoms with Gasteiger partial charge in [-0.25, -0.2) is 9.80 Å². The van der Waals surface area contributed by atoms with Crippen LogP contribution < -0.4 is 0 Å². The number of hydrogen-bond acceptors (Lipinski definition) is 5. The summed E-state index contributed by atoms with van der Waals surface area (Å²) in [6, 6.07) is 27.7. The molecule has 0 saturated heterocycles. The summed E-state index contributed by atoms with van der Waals surface area (Å²) in [6.07, 6.45) is 2.02. The van der Waals surface area contributed by atoms with Crippen LogP contribution in [0.4, 0.5) is 0 Å². The fourth-order valence-electron chi connectivity index (χ4n) is 4.76. The van der Waals surface area contributed by atoms with Crippen LogP contribution in [0.1, 0.15) is 34.1 Å². The number of rotatable bonds is 5. The molecule has 1 atom stereocenters. The van der Waals surface area contributed by atoms with Crippen LogP contribution in [-0.4, -0.2) is 29.2 Å². The van der Waals surface area contributed by atoms with Crippen LogP contribution in [0.25, 0.3) is 21.5 Å². The van der Waals surface area contributed by atoms with Gasteiger partial charge >= 0.3 is 5.97 Å². The number of carbonyl (C=O) groups excluding carboxylic acids is 2. The highest BCUT2D eigenvalue weighted by Crippen LogP contribution is 2.34. The first-order valence-corrected chi connectivity index (χ1v) is 12.2. The van der Waals surface area contributed by atoms with Gasteiger partial charge in [-0.3, -0.25) is 4.79 Å². The van der Waals surface area contributed by atoms with Gasteiger partial charge in [-0.1, -0.05) is 72.3 Å². The number of ether oxygens (including phenoxy) is 1. The lowest BCUT2D eigenvalue weighted by Crippen LogP contribution is -2.31. The van der Waals surface area contributed by atoms with Gasteiger partial charge in [-0.05, 0) is 57.4 Å². The lowest BCUT2D eigenvalue weighted by Gasteiger charge is -2.20. The summed E-state index contributed by atoms with van der Waals surface area (Å²) in [7, 11) is 0. The minimum atomic E-state index is -0.558. The molecule has 2 heterocycles. The molecule has 6 rings (SSSR count). The monoisotopic (exact) mass is 508 g/mol. The Morgan fingerprint density at radius 2 is 1.59 bits per heavy atom. The van der Waals surface area contributed by atoms with Gasteiger partial charge in [0.15, 0.2) is 6.61 Å². The quantitative estimate of drug-likeness (QED) is 0.194. The van der Waals surface area contributed by atoms with Gasteiger partial charge in [-0.2, -0.15) is 5.10 Å². The van der Waals surface area contributed by atoms with Gasteiger partial charge in [0.2, 0.25) is 0 Å². The Labute approximate surface area is 217 Å². The van der Waals surface area contributed by atoms with E-state index in [0.29, 0.717) is 22.8 Å². The van der Waals surface area contributed by atoms with Crippen LogP contribution in [0.15, 0.2) is 107 Å². The van der Waals surface area contributed by atoms with E-state index < -0.39 is 24.5 Å². The number of halogens is 1. The Balaban J connectivity index is 1.28. The van der Waals surface area contributed by atoms with Gasteiger partial charge < -0.3 is 9.15 Å². The van der Waals surface area contributed by atoms with E-state index in [9.17, 15) is 9.59 Å². The summed E-state index contributed by atoms with van der Waals surface area (Å²) < 4.78 is 11.2. The zero-order valence-electron chi connectivity index (χ0n) is 19.6. The van der Waals surface area contributed by atoms with Gasteiger partial charge in [0.05, 0.1) is 17.5 Å². The Morgan fingerprint density at radius 3 is 2.24 bits per heavy atom. The van der Waals surface area contributed by atoms with Gasteiger partial charge in [0.1, 0.15) is 11.8 Å². The van der Waals surface area contributed by atoms with Crippen molar-refractivity contribution in [3.05, 3.63) is 119 Å². The molecule has 1 aliphatic heterocycles. The third kappa shape index (κ3) is 4.36. The Hall–Kier alpha value is -4.42. The molecule has 7 heteroatoms. The van der Waals surface area contributed by atoms with Crippen molar-refractivity contribution in [1.29, 1.82) is 0 Å². The molecule has 1 aromatic heterocycles.